The highest BCUT2D eigenvalue weighted by molar-refractivity contribution is 6.56. The fourth-order valence-electron chi connectivity index (χ4n) is 2.97. The van der Waals surface area contributed by atoms with Crippen LogP contribution in [-0.4, -0.2) is 80.3 Å². The van der Waals surface area contributed by atoms with Gasteiger partial charge in [-0.1, -0.05) is 25.6 Å². The van der Waals surface area contributed by atoms with Crippen LogP contribution in [0, 0.1) is 0 Å². The second-order valence-corrected chi connectivity index (χ2v) is 8.86. The standard InChI is InChI=1S/C8H18N2.C6H14N.Al/c1-4-7-10(3)8-6-9-5-2;1-4-5-6-7(2)3;/h3-8H2,1-2H3;1,4-6H2,2-3H3;/q-1;;+1. The first-order valence-electron chi connectivity index (χ1n) is 7.78. The number of unbranched alkanes of at least 4 members (excludes halogenated alkanes) is 1. The summed E-state index contributed by atoms with van der Waals surface area (Å²) in [6.45, 7) is 11.1. The minimum Gasteiger partial charge on any atom is -0.383 e. The lowest BCUT2D eigenvalue weighted by Gasteiger charge is -2.38. The van der Waals surface area contributed by atoms with Crippen molar-refractivity contribution in [3.05, 3.63) is 0 Å². The van der Waals surface area contributed by atoms with E-state index in [1.54, 1.807) is 0 Å². The summed E-state index contributed by atoms with van der Waals surface area (Å²) in [6, 6.07) is 0. The van der Waals surface area contributed by atoms with Gasteiger partial charge in [-0.2, -0.15) is 0 Å². The quantitative estimate of drug-likeness (QED) is 0.492. The highest BCUT2D eigenvalue weighted by atomic mass is 27.2. The van der Waals surface area contributed by atoms with Crippen molar-refractivity contribution >= 4 is 14.4 Å². The summed E-state index contributed by atoms with van der Waals surface area (Å²) in [5.74, 6) is 0. The molecule has 0 bridgehead atoms. The third-order valence-electron chi connectivity index (χ3n) is 4.03. The van der Waals surface area contributed by atoms with Crippen molar-refractivity contribution < 1.29 is 0 Å². The van der Waals surface area contributed by atoms with Crippen LogP contribution >= 0.6 is 0 Å². The number of hydrogen-bond acceptors (Lipinski definition) is 3. The lowest BCUT2D eigenvalue weighted by molar-refractivity contribution is 0.243. The normalized spacial score (nSPS) is 18.8. The fourth-order valence-corrected chi connectivity index (χ4v) is 6.47. The first kappa shape index (κ1) is 16.5. The van der Waals surface area contributed by atoms with Crippen molar-refractivity contribution in [2.75, 3.05) is 52.2 Å². The SMILES string of the molecule is CCCN1CC[N](CC)[Al]([CH2]CCCN(C)C)[CH2]1. The van der Waals surface area contributed by atoms with Crippen molar-refractivity contribution in [3.8, 4) is 0 Å². The molecule has 1 fully saturated rings. The number of rotatable bonds is 8. The molecule has 1 aliphatic heterocycles. The van der Waals surface area contributed by atoms with E-state index in [9.17, 15) is 0 Å². The van der Waals surface area contributed by atoms with E-state index in [1.165, 1.54) is 62.7 Å². The Morgan fingerprint density at radius 1 is 1.11 bits per heavy atom. The van der Waals surface area contributed by atoms with Crippen LogP contribution in [0.15, 0.2) is 0 Å². The summed E-state index contributed by atoms with van der Waals surface area (Å²) < 4.78 is 2.82. The van der Waals surface area contributed by atoms with Crippen molar-refractivity contribution in [3.63, 3.8) is 0 Å². The largest absolute Gasteiger partial charge is 0.388 e. The molecule has 3 nitrogen and oxygen atoms in total. The van der Waals surface area contributed by atoms with Gasteiger partial charge in [-0.25, -0.2) is 0 Å². The van der Waals surface area contributed by atoms with Crippen LogP contribution in [0.3, 0.4) is 0 Å². The molecule has 1 heterocycles. The zero-order chi connectivity index (χ0) is 13.4. The fraction of sp³-hybridized carbons (Fsp3) is 1.00. The molecule has 0 atom stereocenters. The van der Waals surface area contributed by atoms with Crippen LogP contribution in [0.2, 0.25) is 5.28 Å². The molecule has 0 aliphatic carbocycles. The van der Waals surface area contributed by atoms with Crippen molar-refractivity contribution in [2.24, 2.45) is 0 Å². The second-order valence-electron chi connectivity index (χ2n) is 5.88. The molecule has 1 aliphatic rings. The summed E-state index contributed by atoms with van der Waals surface area (Å²) >= 11 is -0.653. The lowest BCUT2D eigenvalue weighted by atomic mass is 10.3. The maximum atomic E-state index is 2.82. The van der Waals surface area contributed by atoms with Crippen molar-refractivity contribution in [2.45, 2.75) is 38.4 Å². The topological polar surface area (TPSA) is 9.72 Å². The summed E-state index contributed by atoms with van der Waals surface area (Å²) in [5.41, 5.74) is 0. The molecule has 0 amide bonds. The third-order valence-corrected chi connectivity index (χ3v) is 7.70. The average molecular weight is 269 g/mol. The molecule has 0 radical (unpaired) electrons. The van der Waals surface area contributed by atoms with Gasteiger partial charge >= 0.3 is 14.4 Å². The maximum absolute atomic E-state index is 2.82. The molecule has 0 spiro atoms. The molecule has 0 saturated carbocycles. The molecule has 18 heavy (non-hydrogen) atoms. The molecule has 1 saturated heterocycles. The molecule has 0 aromatic rings. The Labute approximate surface area is 119 Å². The summed E-state index contributed by atoms with van der Waals surface area (Å²) in [4.78, 5) is 5.03. The minimum absolute atomic E-state index is 0.653. The maximum Gasteiger partial charge on any atom is 0.388 e. The second kappa shape index (κ2) is 9.34. The van der Waals surface area contributed by atoms with E-state index >= 15 is 0 Å². The summed E-state index contributed by atoms with van der Waals surface area (Å²) in [5, 5.41) is 2.95. The Bertz CT molecular complexity index is 211. The van der Waals surface area contributed by atoms with Crippen LogP contribution in [-0.2, 0) is 0 Å². The predicted molar refractivity (Wildman–Crippen MR) is 82.3 cm³/mol. The van der Waals surface area contributed by atoms with Gasteiger partial charge in [0.1, 0.15) is 0 Å². The van der Waals surface area contributed by atoms with Crippen LogP contribution in [0.4, 0.5) is 0 Å². The Hall–Kier alpha value is 0.412. The third kappa shape index (κ3) is 6.04. The van der Waals surface area contributed by atoms with Crippen molar-refractivity contribution in [1.82, 2.24) is 13.7 Å². The lowest BCUT2D eigenvalue weighted by Crippen LogP contribution is -2.56. The Balaban J connectivity index is 2.28. The predicted octanol–water partition coefficient (Wildman–Crippen LogP) is 1.91. The zero-order valence-electron chi connectivity index (χ0n) is 13.0. The highest BCUT2D eigenvalue weighted by Crippen LogP contribution is 2.13. The van der Waals surface area contributed by atoms with E-state index in [1.807, 2.05) is 0 Å². The molecule has 106 valence electrons. The molecule has 0 aromatic heterocycles. The van der Waals surface area contributed by atoms with Crippen molar-refractivity contribution in [1.29, 1.82) is 0 Å². The average Bonchev–Trinajstić information content (AvgIpc) is 2.35. The number of hydrogen-bond donors (Lipinski definition) is 0. The van der Waals surface area contributed by atoms with E-state index in [-0.39, 0.29) is 0 Å². The zero-order valence-corrected chi connectivity index (χ0v) is 14.1. The van der Waals surface area contributed by atoms with Gasteiger partial charge in [0.05, 0.1) is 0 Å². The Morgan fingerprint density at radius 2 is 1.89 bits per heavy atom. The Morgan fingerprint density at radius 3 is 2.50 bits per heavy atom. The van der Waals surface area contributed by atoms with E-state index < -0.39 is 14.4 Å². The van der Waals surface area contributed by atoms with Crippen LogP contribution in [0.25, 0.3) is 0 Å². The summed E-state index contributed by atoms with van der Waals surface area (Å²) in [6.07, 6.45) is 4.13. The molecule has 0 aromatic carbocycles. The number of nitrogens with zero attached hydrogens (tertiary/aromatic N) is 3. The van der Waals surface area contributed by atoms with Crippen LogP contribution < -0.4 is 0 Å². The smallest absolute Gasteiger partial charge is 0.383 e. The molecular weight excluding hydrogens is 237 g/mol. The van der Waals surface area contributed by atoms with Gasteiger partial charge in [0.25, 0.3) is 0 Å². The highest BCUT2D eigenvalue weighted by Gasteiger charge is 2.31. The molecular formula is C14H32AlN3. The molecule has 0 unspecified atom stereocenters. The first-order chi connectivity index (χ1) is 8.67. The number of likely N-dealkylation sites (N-methyl/N-ethyl adjacent to an activating group) is 1. The van der Waals surface area contributed by atoms with Gasteiger partial charge in [0.15, 0.2) is 0 Å². The van der Waals surface area contributed by atoms with Gasteiger partial charge in [-0.3, -0.25) is 0 Å². The molecule has 4 heteroatoms. The molecule has 0 N–H and O–H groups in total. The molecule has 1 rings (SSSR count). The monoisotopic (exact) mass is 269 g/mol. The van der Waals surface area contributed by atoms with E-state index in [2.05, 4.69) is 41.6 Å². The van der Waals surface area contributed by atoms with Gasteiger partial charge < -0.3 is 13.7 Å². The van der Waals surface area contributed by atoms with E-state index in [0.717, 1.165) is 0 Å². The van der Waals surface area contributed by atoms with E-state index in [0.29, 0.717) is 0 Å². The summed E-state index contributed by atoms with van der Waals surface area (Å²) in [7, 11) is 4.36. The van der Waals surface area contributed by atoms with Gasteiger partial charge in [0.2, 0.25) is 0 Å². The van der Waals surface area contributed by atoms with Crippen LogP contribution in [0.5, 0.6) is 0 Å². The van der Waals surface area contributed by atoms with Crippen LogP contribution in [0.1, 0.15) is 33.1 Å². The Kier molecular flexibility index (Phi) is 8.54. The van der Waals surface area contributed by atoms with Gasteiger partial charge in [-0.05, 0) is 58.5 Å². The van der Waals surface area contributed by atoms with Gasteiger partial charge in [0, 0.05) is 6.54 Å². The van der Waals surface area contributed by atoms with E-state index in [4.69, 9.17) is 0 Å². The minimum atomic E-state index is -0.653. The van der Waals surface area contributed by atoms with Gasteiger partial charge in [-0.15, -0.1) is 0 Å². The first-order valence-corrected chi connectivity index (χ1v) is 9.93.